The number of nitrogens with one attached hydrogen (secondary N) is 2. The molecule has 0 radical (unpaired) electrons. The van der Waals surface area contributed by atoms with Crippen LogP contribution in [0.2, 0.25) is 5.02 Å². The molecule has 0 unspecified atom stereocenters. The summed E-state index contributed by atoms with van der Waals surface area (Å²) in [5.41, 5.74) is 0.353. The number of sulfone groups is 1. The number of aromatic nitrogens is 5. The van der Waals surface area contributed by atoms with Gasteiger partial charge in [-0.1, -0.05) is 23.7 Å². The van der Waals surface area contributed by atoms with Crippen LogP contribution < -0.4 is 15.5 Å². The fraction of sp³-hybridized carbons (Fsp3) is 0.400. The highest BCUT2D eigenvalue weighted by molar-refractivity contribution is 7.91. The van der Waals surface area contributed by atoms with Gasteiger partial charge in [-0.2, -0.15) is 4.68 Å². The number of tetrazole rings is 1. The number of halogens is 1. The molecule has 67 heavy (non-hydrogen) atoms. The summed E-state index contributed by atoms with van der Waals surface area (Å²) in [4.78, 5) is 86.9. The molecule has 3 aromatic carbocycles. The molecule has 0 spiro atoms. The van der Waals surface area contributed by atoms with Crippen LogP contribution >= 0.6 is 11.6 Å². The van der Waals surface area contributed by atoms with Crippen LogP contribution in [0.1, 0.15) is 70.4 Å². The Bertz CT molecular complexity index is 2850. The van der Waals surface area contributed by atoms with Crippen LogP contribution in [-0.2, 0) is 40.1 Å². The lowest BCUT2D eigenvalue weighted by atomic mass is 10.0. The maximum Gasteiger partial charge on any atom is 0.419 e. The van der Waals surface area contributed by atoms with E-state index in [9.17, 15) is 37.2 Å². The molecule has 2 N–H and O–H groups in total. The second kappa shape index (κ2) is 18.8. The summed E-state index contributed by atoms with van der Waals surface area (Å²) >= 11 is 6.36. The van der Waals surface area contributed by atoms with Crippen LogP contribution in [0.3, 0.4) is 0 Å². The molecule has 7 rings (SSSR count). The van der Waals surface area contributed by atoms with Gasteiger partial charge in [-0.05, 0) is 125 Å². The van der Waals surface area contributed by atoms with E-state index in [0.717, 1.165) is 4.57 Å². The number of ether oxygens (including phenoxy) is 2. The molecule has 2 aliphatic heterocycles. The predicted octanol–water partition coefficient (Wildman–Crippen LogP) is 5.48. The first-order valence-corrected chi connectivity index (χ1v) is 23.7. The minimum absolute atomic E-state index is 0.0339. The Morgan fingerprint density at radius 1 is 0.806 bits per heavy atom. The van der Waals surface area contributed by atoms with Crippen molar-refractivity contribution in [1.29, 1.82) is 0 Å². The number of hydrogen-bond acceptors (Lipinski definition) is 13. The summed E-state index contributed by atoms with van der Waals surface area (Å²) < 4.78 is 37.7. The van der Waals surface area contributed by atoms with Crippen LogP contribution in [0.25, 0.3) is 16.6 Å². The first-order chi connectivity index (χ1) is 31.5. The number of anilines is 3. The third-order valence-electron chi connectivity index (χ3n) is 11.0. The number of likely N-dealkylation sites (tertiary alicyclic amines) is 1. The molecular formula is C45H51ClN10O10S. The fourth-order valence-electron chi connectivity index (χ4n) is 7.84. The Hall–Kier alpha value is -6.87. The lowest BCUT2D eigenvalue weighted by Gasteiger charge is -2.38. The molecule has 20 nitrogen and oxygen atoms in total. The van der Waals surface area contributed by atoms with Crippen molar-refractivity contribution in [3.05, 3.63) is 89.3 Å². The lowest BCUT2D eigenvalue weighted by Crippen LogP contribution is -2.60. The van der Waals surface area contributed by atoms with E-state index in [2.05, 4.69) is 26.2 Å². The zero-order valence-electron chi connectivity index (χ0n) is 38.0. The van der Waals surface area contributed by atoms with Crippen molar-refractivity contribution in [3.63, 3.8) is 0 Å². The van der Waals surface area contributed by atoms with Gasteiger partial charge >= 0.3 is 29.9 Å². The average Bonchev–Trinajstić information content (AvgIpc) is 3.92. The van der Waals surface area contributed by atoms with Gasteiger partial charge in [0.1, 0.15) is 39.1 Å². The number of fused-ring (bicyclic) bond motifs is 1. The largest absolute Gasteiger partial charge is 0.455 e. The highest BCUT2D eigenvalue weighted by atomic mass is 35.5. The highest BCUT2D eigenvalue weighted by Gasteiger charge is 2.41. The number of hydrogen-bond donors (Lipinski definition) is 2. The molecule has 0 saturated carbocycles. The van der Waals surface area contributed by atoms with E-state index in [4.69, 9.17) is 21.1 Å². The molecule has 22 heteroatoms. The molecule has 0 bridgehead atoms. The van der Waals surface area contributed by atoms with Gasteiger partial charge in [0.05, 0.1) is 22.1 Å². The smallest absolute Gasteiger partial charge is 0.419 e. The van der Waals surface area contributed by atoms with Crippen molar-refractivity contribution >= 4 is 85.2 Å². The zero-order chi connectivity index (χ0) is 48.6. The van der Waals surface area contributed by atoms with Crippen molar-refractivity contribution in [2.45, 2.75) is 83.3 Å². The Kier molecular flexibility index (Phi) is 13.5. The number of esters is 1. The normalized spacial score (nSPS) is 15.7. The molecule has 2 fully saturated rings. The van der Waals surface area contributed by atoms with Crippen LogP contribution in [0.15, 0.2) is 73.1 Å². The second-order valence-electron chi connectivity index (χ2n) is 18.3. The van der Waals surface area contributed by atoms with E-state index in [-0.39, 0.29) is 49.7 Å². The third-order valence-corrected chi connectivity index (χ3v) is 12.9. The number of piperidine rings is 1. The Labute approximate surface area is 391 Å². The van der Waals surface area contributed by atoms with Crippen LogP contribution in [0, 0.1) is 0 Å². The van der Waals surface area contributed by atoms with Gasteiger partial charge in [-0.3, -0.25) is 14.4 Å². The number of carbonyl (C=O) groups excluding carboxylic acids is 6. The van der Waals surface area contributed by atoms with E-state index in [1.807, 2.05) is 0 Å². The maximum atomic E-state index is 14.6. The SMILES string of the molecule is CC(C)(C)OC(=O)c1cc2cc(NC(=O)[C@H](Cc3ccc(NC(=O)N4CCC(S(C)(=O)=O)CC4)cc3)N3CCN(c4cc(Cl)ccc4-n4cnnn4)C(=O)C3=O)ccc2n1C(=O)OC(C)(C)C. The maximum absolute atomic E-state index is 14.6. The van der Waals surface area contributed by atoms with E-state index in [0.29, 0.717) is 45.7 Å². The quantitative estimate of drug-likeness (QED) is 0.131. The van der Waals surface area contributed by atoms with Gasteiger partial charge in [0.25, 0.3) is 0 Å². The fourth-order valence-corrected chi connectivity index (χ4v) is 9.07. The molecule has 2 aromatic heterocycles. The molecule has 5 aromatic rings. The van der Waals surface area contributed by atoms with Crippen LogP contribution in [-0.4, -0.2) is 134 Å². The first kappa shape index (κ1) is 48.1. The van der Waals surface area contributed by atoms with Gasteiger partial charge in [0.15, 0.2) is 0 Å². The summed E-state index contributed by atoms with van der Waals surface area (Å²) in [6, 6.07) is 15.8. The minimum Gasteiger partial charge on any atom is -0.455 e. The van der Waals surface area contributed by atoms with Crippen LogP contribution in [0.5, 0.6) is 0 Å². The van der Waals surface area contributed by atoms with Gasteiger partial charge in [0.2, 0.25) is 5.91 Å². The van der Waals surface area contributed by atoms with Gasteiger partial charge in [0, 0.05) is 60.6 Å². The number of benzene rings is 3. The molecule has 5 amide bonds. The number of carbonyl (C=O) groups is 6. The Morgan fingerprint density at radius 2 is 1.48 bits per heavy atom. The van der Waals surface area contributed by atoms with Gasteiger partial charge < -0.3 is 34.8 Å². The van der Waals surface area contributed by atoms with Crippen molar-refractivity contribution in [3.8, 4) is 5.69 Å². The van der Waals surface area contributed by atoms with E-state index in [1.165, 1.54) is 45.3 Å². The van der Waals surface area contributed by atoms with Gasteiger partial charge in [-0.25, -0.2) is 27.4 Å². The molecule has 1 atom stereocenters. The van der Waals surface area contributed by atoms with E-state index in [1.54, 1.807) is 95.0 Å². The summed E-state index contributed by atoms with van der Waals surface area (Å²) in [7, 11) is -3.22. The number of piperazine rings is 1. The molecule has 354 valence electrons. The number of nitrogens with zero attached hydrogens (tertiary/aromatic N) is 8. The number of amides is 5. The Morgan fingerprint density at radius 3 is 2.10 bits per heavy atom. The molecule has 2 aliphatic rings. The summed E-state index contributed by atoms with van der Waals surface area (Å²) in [5, 5.41) is 17.2. The van der Waals surface area contributed by atoms with Crippen molar-refractivity contribution < 1.29 is 46.7 Å². The van der Waals surface area contributed by atoms with Crippen molar-refractivity contribution in [2.75, 3.05) is 48.0 Å². The standard InChI is InChI=1S/C45H51ClN10O10S/c1-44(2,3)65-41(60)37-24-28-23-31(13-15-33(28)56(37)43(62)66-45(4,5)6)48-38(57)36(22-27-8-11-30(12-9-27)49-42(61)52-18-16-32(17-19-52)67(7,63)64)54-21-20-53(39(58)40(54)59)35-25-29(46)10-14-34(35)55-26-47-50-51-55/h8-15,23-26,32,36H,16-22H2,1-7H3,(H,48,57)(H,49,61)/t36-/m0/s1. The summed E-state index contributed by atoms with van der Waals surface area (Å²) in [6.07, 6.45) is 2.32. The first-order valence-electron chi connectivity index (χ1n) is 21.4. The second-order valence-corrected chi connectivity index (χ2v) is 21.1. The Balaban J connectivity index is 1.16. The average molecular weight is 959 g/mol. The summed E-state index contributed by atoms with van der Waals surface area (Å²) in [6.45, 7) is 10.6. The number of rotatable bonds is 10. The van der Waals surface area contributed by atoms with Crippen molar-refractivity contribution in [1.82, 2.24) is 34.6 Å². The molecule has 0 aliphatic carbocycles. The third kappa shape index (κ3) is 11.2. The minimum atomic E-state index is -3.22. The molecular weight excluding hydrogens is 908 g/mol. The number of urea groups is 1. The van der Waals surface area contributed by atoms with Crippen molar-refractivity contribution in [2.24, 2.45) is 0 Å². The predicted molar refractivity (Wildman–Crippen MR) is 248 cm³/mol. The molecule has 2 saturated heterocycles. The van der Waals surface area contributed by atoms with Crippen LogP contribution in [0.4, 0.5) is 26.7 Å². The summed E-state index contributed by atoms with van der Waals surface area (Å²) in [5.74, 6) is -3.33. The van der Waals surface area contributed by atoms with E-state index < -0.39 is 68.1 Å². The monoisotopic (exact) mass is 958 g/mol. The zero-order valence-corrected chi connectivity index (χ0v) is 39.6. The molecule has 4 heterocycles. The van der Waals surface area contributed by atoms with Gasteiger partial charge in [-0.15, -0.1) is 5.10 Å². The lowest BCUT2D eigenvalue weighted by molar-refractivity contribution is -0.149. The topological polar surface area (TPSA) is 237 Å². The van der Waals surface area contributed by atoms with E-state index >= 15 is 0 Å². The highest BCUT2D eigenvalue weighted by Crippen LogP contribution is 2.31.